The number of hydrogen-bond donors (Lipinski definition) is 2. The maximum Gasteiger partial charge on any atom is 0.0945 e. The summed E-state index contributed by atoms with van der Waals surface area (Å²) in [6.07, 6.45) is 4.92. The first-order valence-corrected chi connectivity index (χ1v) is 5.72. The topological polar surface area (TPSA) is 41.5 Å². The SMILES string of the molecule is C#Cc1cccc(NCC(O)COC(C)C)c1. The molecule has 0 amide bonds. The Morgan fingerprint density at radius 3 is 2.88 bits per heavy atom. The first kappa shape index (κ1) is 13.6. The van der Waals surface area contributed by atoms with Crippen molar-refractivity contribution in [2.24, 2.45) is 0 Å². The molecule has 3 nitrogen and oxygen atoms in total. The summed E-state index contributed by atoms with van der Waals surface area (Å²) in [5.41, 5.74) is 1.73. The van der Waals surface area contributed by atoms with E-state index in [0.717, 1.165) is 11.3 Å². The van der Waals surface area contributed by atoms with Crippen molar-refractivity contribution >= 4 is 5.69 Å². The van der Waals surface area contributed by atoms with Gasteiger partial charge in [-0.15, -0.1) is 6.42 Å². The standard InChI is InChI=1S/C14H19NO2/c1-4-12-6-5-7-13(8-12)15-9-14(16)10-17-11(2)3/h1,5-8,11,14-16H,9-10H2,2-3H3. The number of terminal acetylenes is 1. The number of ether oxygens (including phenoxy) is 1. The van der Waals surface area contributed by atoms with Crippen LogP contribution in [0.15, 0.2) is 24.3 Å². The second-order valence-electron chi connectivity index (χ2n) is 4.14. The lowest BCUT2D eigenvalue weighted by Gasteiger charge is -2.15. The summed E-state index contributed by atoms with van der Waals surface area (Å²) in [5, 5.41) is 12.8. The zero-order chi connectivity index (χ0) is 12.7. The smallest absolute Gasteiger partial charge is 0.0945 e. The van der Waals surface area contributed by atoms with E-state index in [2.05, 4.69) is 11.2 Å². The van der Waals surface area contributed by atoms with Gasteiger partial charge in [0.15, 0.2) is 0 Å². The van der Waals surface area contributed by atoms with Crippen molar-refractivity contribution in [2.45, 2.75) is 26.1 Å². The number of nitrogens with one attached hydrogen (secondary N) is 1. The van der Waals surface area contributed by atoms with Gasteiger partial charge in [0.1, 0.15) is 0 Å². The Bertz CT molecular complexity index is 382. The van der Waals surface area contributed by atoms with Gasteiger partial charge >= 0.3 is 0 Å². The lowest BCUT2D eigenvalue weighted by molar-refractivity contribution is 0.0112. The molecule has 1 rings (SSSR count). The van der Waals surface area contributed by atoms with E-state index in [1.54, 1.807) is 0 Å². The molecule has 0 saturated carbocycles. The fourth-order valence-electron chi connectivity index (χ4n) is 1.32. The van der Waals surface area contributed by atoms with Gasteiger partial charge in [0, 0.05) is 17.8 Å². The predicted molar refractivity (Wildman–Crippen MR) is 70.0 cm³/mol. The lowest BCUT2D eigenvalue weighted by atomic mass is 10.2. The minimum Gasteiger partial charge on any atom is -0.389 e. The second kappa shape index (κ2) is 6.95. The first-order valence-electron chi connectivity index (χ1n) is 5.72. The van der Waals surface area contributed by atoms with Crippen LogP contribution in [0.1, 0.15) is 19.4 Å². The Kier molecular flexibility index (Phi) is 5.55. The van der Waals surface area contributed by atoms with Crippen molar-refractivity contribution in [3.05, 3.63) is 29.8 Å². The second-order valence-corrected chi connectivity index (χ2v) is 4.14. The quantitative estimate of drug-likeness (QED) is 0.737. The summed E-state index contributed by atoms with van der Waals surface area (Å²) in [6.45, 7) is 4.66. The molecule has 17 heavy (non-hydrogen) atoms. The van der Waals surface area contributed by atoms with Crippen molar-refractivity contribution in [1.29, 1.82) is 0 Å². The largest absolute Gasteiger partial charge is 0.389 e. The van der Waals surface area contributed by atoms with Crippen molar-refractivity contribution in [2.75, 3.05) is 18.5 Å². The summed E-state index contributed by atoms with van der Waals surface area (Å²) < 4.78 is 5.31. The van der Waals surface area contributed by atoms with Crippen molar-refractivity contribution in [3.8, 4) is 12.3 Å². The van der Waals surface area contributed by atoms with Gasteiger partial charge in [0.2, 0.25) is 0 Å². The zero-order valence-electron chi connectivity index (χ0n) is 10.3. The maximum absolute atomic E-state index is 9.66. The molecule has 0 radical (unpaired) electrons. The number of rotatable bonds is 6. The monoisotopic (exact) mass is 233 g/mol. The highest BCUT2D eigenvalue weighted by Crippen LogP contribution is 2.09. The molecule has 0 bridgehead atoms. The lowest BCUT2D eigenvalue weighted by Crippen LogP contribution is -2.26. The molecule has 1 aromatic carbocycles. The molecule has 0 saturated heterocycles. The van der Waals surface area contributed by atoms with E-state index >= 15 is 0 Å². The highest BCUT2D eigenvalue weighted by molar-refractivity contribution is 5.49. The predicted octanol–water partition coefficient (Wildman–Crippen LogP) is 1.87. The molecular weight excluding hydrogens is 214 g/mol. The van der Waals surface area contributed by atoms with Gasteiger partial charge in [0.25, 0.3) is 0 Å². The number of aliphatic hydroxyl groups excluding tert-OH is 1. The average Bonchev–Trinajstić information content (AvgIpc) is 2.34. The highest BCUT2D eigenvalue weighted by Gasteiger charge is 2.05. The average molecular weight is 233 g/mol. The van der Waals surface area contributed by atoms with Crippen LogP contribution in [-0.2, 0) is 4.74 Å². The van der Waals surface area contributed by atoms with Crippen molar-refractivity contribution < 1.29 is 9.84 Å². The fraction of sp³-hybridized carbons (Fsp3) is 0.429. The summed E-state index contributed by atoms with van der Waals surface area (Å²) in [4.78, 5) is 0. The van der Waals surface area contributed by atoms with Gasteiger partial charge in [-0.1, -0.05) is 12.0 Å². The third-order valence-corrected chi connectivity index (χ3v) is 2.19. The first-order chi connectivity index (χ1) is 8.11. The van der Waals surface area contributed by atoms with Crippen LogP contribution >= 0.6 is 0 Å². The molecule has 0 spiro atoms. The summed E-state index contributed by atoms with van der Waals surface area (Å²) >= 11 is 0. The van der Waals surface area contributed by atoms with Gasteiger partial charge in [-0.2, -0.15) is 0 Å². The minimum absolute atomic E-state index is 0.134. The van der Waals surface area contributed by atoms with E-state index in [9.17, 15) is 5.11 Å². The van der Waals surface area contributed by atoms with Crippen LogP contribution in [0, 0.1) is 12.3 Å². The number of benzene rings is 1. The molecule has 1 atom stereocenters. The van der Waals surface area contributed by atoms with Gasteiger partial charge < -0.3 is 15.2 Å². The summed E-state index contributed by atoms with van der Waals surface area (Å²) in [7, 11) is 0. The Balaban J connectivity index is 2.37. The molecule has 2 N–H and O–H groups in total. The van der Waals surface area contributed by atoms with Gasteiger partial charge in [-0.05, 0) is 32.0 Å². The van der Waals surface area contributed by atoms with Crippen LogP contribution < -0.4 is 5.32 Å². The van der Waals surface area contributed by atoms with E-state index < -0.39 is 6.10 Å². The van der Waals surface area contributed by atoms with E-state index in [-0.39, 0.29) is 6.10 Å². The Morgan fingerprint density at radius 2 is 2.24 bits per heavy atom. The number of hydrogen-bond acceptors (Lipinski definition) is 3. The Labute approximate surface area is 103 Å². The van der Waals surface area contributed by atoms with Gasteiger partial charge in [0.05, 0.1) is 18.8 Å². The molecule has 1 aromatic rings. The molecule has 3 heteroatoms. The molecule has 0 aliphatic carbocycles. The Morgan fingerprint density at radius 1 is 1.47 bits per heavy atom. The molecule has 0 fully saturated rings. The molecule has 0 aromatic heterocycles. The van der Waals surface area contributed by atoms with Crippen LogP contribution in [0.3, 0.4) is 0 Å². The van der Waals surface area contributed by atoms with E-state index in [0.29, 0.717) is 13.2 Å². The summed E-state index contributed by atoms with van der Waals surface area (Å²) in [6, 6.07) is 7.53. The summed E-state index contributed by atoms with van der Waals surface area (Å²) in [5.74, 6) is 2.57. The third kappa shape index (κ3) is 5.39. The van der Waals surface area contributed by atoms with Crippen LogP contribution in [0.2, 0.25) is 0 Å². The Hall–Kier alpha value is -1.50. The molecular formula is C14H19NO2. The normalized spacial score (nSPS) is 12.2. The number of aliphatic hydroxyl groups is 1. The highest BCUT2D eigenvalue weighted by atomic mass is 16.5. The molecule has 1 unspecified atom stereocenters. The minimum atomic E-state index is -0.521. The van der Waals surface area contributed by atoms with E-state index in [1.165, 1.54) is 0 Å². The molecule has 0 aliphatic rings. The molecule has 0 heterocycles. The fourth-order valence-corrected chi connectivity index (χ4v) is 1.32. The molecule has 92 valence electrons. The zero-order valence-corrected chi connectivity index (χ0v) is 10.3. The third-order valence-electron chi connectivity index (χ3n) is 2.19. The van der Waals surface area contributed by atoms with Gasteiger partial charge in [-0.3, -0.25) is 0 Å². The van der Waals surface area contributed by atoms with E-state index in [4.69, 9.17) is 11.2 Å². The molecule has 0 aliphatic heterocycles. The van der Waals surface area contributed by atoms with Gasteiger partial charge in [-0.25, -0.2) is 0 Å². The van der Waals surface area contributed by atoms with Crippen LogP contribution in [-0.4, -0.2) is 30.5 Å². The van der Waals surface area contributed by atoms with Crippen LogP contribution in [0.5, 0.6) is 0 Å². The van der Waals surface area contributed by atoms with Crippen molar-refractivity contribution in [1.82, 2.24) is 0 Å². The van der Waals surface area contributed by atoms with Crippen LogP contribution in [0.4, 0.5) is 5.69 Å². The van der Waals surface area contributed by atoms with E-state index in [1.807, 2.05) is 38.1 Å². The number of anilines is 1. The maximum atomic E-state index is 9.66. The van der Waals surface area contributed by atoms with Crippen molar-refractivity contribution in [3.63, 3.8) is 0 Å². The van der Waals surface area contributed by atoms with Crippen LogP contribution in [0.25, 0.3) is 0 Å².